The minimum atomic E-state index is -1.25. The number of benzene rings is 4. The molecule has 6 rings (SSSR count). The molecule has 2 unspecified atom stereocenters. The van der Waals surface area contributed by atoms with Crippen molar-refractivity contribution in [3.05, 3.63) is 82.0 Å². The molecule has 5 aromatic rings. The number of methoxy groups -OCH3 is 1. The number of rotatable bonds is 6. The molecule has 1 aliphatic heterocycles. The van der Waals surface area contributed by atoms with Crippen LogP contribution >= 0.6 is 0 Å². The van der Waals surface area contributed by atoms with Crippen LogP contribution in [0.5, 0.6) is 57.5 Å². The number of ether oxygens (including phenoxy) is 4. The number of hydrogen-bond donors (Lipinski definition) is 7. The summed E-state index contributed by atoms with van der Waals surface area (Å²) >= 11 is 0. The van der Waals surface area contributed by atoms with Gasteiger partial charge in [0.05, 0.1) is 19.3 Å². The Morgan fingerprint density at radius 1 is 0.826 bits per heavy atom. The maximum Gasteiger partial charge on any atom is 0.344 e. The van der Waals surface area contributed by atoms with Gasteiger partial charge in [0.1, 0.15) is 22.5 Å². The zero-order valence-electron chi connectivity index (χ0n) is 23.6. The van der Waals surface area contributed by atoms with Gasteiger partial charge in [0, 0.05) is 23.3 Å². The molecule has 14 nitrogen and oxygen atoms in total. The molecule has 2 atom stereocenters. The predicted molar refractivity (Wildman–Crippen MR) is 157 cm³/mol. The van der Waals surface area contributed by atoms with Gasteiger partial charge < -0.3 is 59.1 Å². The summed E-state index contributed by atoms with van der Waals surface area (Å²) in [5.41, 5.74) is -1.13. The third-order valence-electron chi connectivity index (χ3n) is 7.21. The summed E-state index contributed by atoms with van der Waals surface area (Å²) in [7, 11) is 1.37. The van der Waals surface area contributed by atoms with Gasteiger partial charge in [0.15, 0.2) is 58.2 Å². The molecule has 14 heteroatoms. The van der Waals surface area contributed by atoms with Gasteiger partial charge in [-0.1, -0.05) is 6.07 Å². The molecular formula is C32H24O14. The van der Waals surface area contributed by atoms with Gasteiger partial charge in [-0.3, -0.25) is 4.79 Å². The van der Waals surface area contributed by atoms with Crippen molar-refractivity contribution < 1.29 is 63.9 Å². The topological polar surface area (TPSA) is 226 Å². The van der Waals surface area contributed by atoms with E-state index in [4.69, 9.17) is 23.4 Å². The quantitative estimate of drug-likeness (QED) is 0.104. The average Bonchev–Trinajstić information content (AvgIpc) is 3.03. The lowest BCUT2D eigenvalue weighted by molar-refractivity contribution is -0.0123. The Morgan fingerprint density at radius 3 is 2.26 bits per heavy atom. The molecule has 0 amide bonds. The van der Waals surface area contributed by atoms with E-state index in [1.54, 1.807) is 6.07 Å². The predicted octanol–water partition coefficient (Wildman–Crippen LogP) is 3.79. The van der Waals surface area contributed by atoms with Crippen molar-refractivity contribution in [3.8, 4) is 68.8 Å². The normalized spacial score (nSPS) is 15.4. The number of aliphatic hydroxyl groups is 1. The summed E-state index contributed by atoms with van der Waals surface area (Å²) in [6.07, 6.45) is -1.77. The standard InChI is InChI=1S/C32H24O14/c1-42-22-8-13(2-4-17(22)35)29-25(12-33)43-21-5-3-14(9-23(21)44-29)30-31(28(40)26-18(36)10-16(34)11-24(26)45-30)46-32(41)15-6-19(37)27(39)20(38)7-15/h2-11,25,29,33-39H,12H2,1H3. The second-order valence-electron chi connectivity index (χ2n) is 10.2. The van der Waals surface area contributed by atoms with Crippen LogP contribution < -0.4 is 24.4 Å². The lowest BCUT2D eigenvalue weighted by Gasteiger charge is -2.33. The largest absolute Gasteiger partial charge is 0.508 e. The molecule has 46 heavy (non-hydrogen) atoms. The molecule has 0 fully saturated rings. The van der Waals surface area contributed by atoms with Crippen molar-refractivity contribution in [2.45, 2.75) is 12.2 Å². The summed E-state index contributed by atoms with van der Waals surface area (Å²) in [6.45, 7) is -0.440. The Kier molecular flexibility index (Phi) is 7.34. The van der Waals surface area contributed by atoms with E-state index in [0.29, 0.717) is 5.56 Å². The molecule has 7 N–H and O–H groups in total. The van der Waals surface area contributed by atoms with Crippen LogP contribution in [0.1, 0.15) is 22.0 Å². The van der Waals surface area contributed by atoms with Crippen LogP contribution in [-0.2, 0) is 0 Å². The highest BCUT2D eigenvalue weighted by Crippen LogP contribution is 2.45. The summed E-state index contributed by atoms with van der Waals surface area (Å²) in [6, 6.07) is 12.3. The van der Waals surface area contributed by atoms with E-state index in [2.05, 4.69) is 0 Å². The van der Waals surface area contributed by atoms with Gasteiger partial charge in [0.2, 0.25) is 11.2 Å². The zero-order valence-corrected chi connectivity index (χ0v) is 23.6. The number of carbonyl (C=O) groups is 1. The van der Waals surface area contributed by atoms with Crippen molar-refractivity contribution in [3.63, 3.8) is 0 Å². The van der Waals surface area contributed by atoms with Crippen LogP contribution in [0.4, 0.5) is 0 Å². The van der Waals surface area contributed by atoms with Gasteiger partial charge in [-0.05, 0) is 42.5 Å². The van der Waals surface area contributed by atoms with Gasteiger partial charge in [0.25, 0.3) is 0 Å². The zero-order chi connectivity index (χ0) is 32.9. The maximum absolute atomic E-state index is 13.7. The SMILES string of the molecule is COc1cc(C2Oc3cc(-c4oc5cc(O)cc(O)c5c(=O)c4OC(=O)c4cc(O)c(O)c(O)c4)ccc3OC2CO)ccc1O. The van der Waals surface area contributed by atoms with Crippen molar-refractivity contribution in [2.75, 3.05) is 13.7 Å². The number of aromatic hydroxyl groups is 6. The van der Waals surface area contributed by atoms with E-state index in [1.807, 2.05) is 0 Å². The molecule has 0 saturated heterocycles. The van der Waals surface area contributed by atoms with Gasteiger partial charge in [-0.2, -0.15) is 0 Å². The highest BCUT2D eigenvalue weighted by Gasteiger charge is 2.34. The fourth-order valence-electron chi connectivity index (χ4n) is 4.99. The van der Waals surface area contributed by atoms with Crippen LogP contribution in [0.25, 0.3) is 22.3 Å². The second-order valence-corrected chi connectivity index (χ2v) is 10.2. The Balaban J connectivity index is 1.48. The maximum atomic E-state index is 13.7. The first-order valence-electron chi connectivity index (χ1n) is 13.4. The first-order chi connectivity index (χ1) is 22.0. The van der Waals surface area contributed by atoms with E-state index >= 15 is 0 Å². The van der Waals surface area contributed by atoms with Crippen molar-refractivity contribution in [1.29, 1.82) is 0 Å². The van der Waals surface area contributed by atoms with Gasteiger partial charge in [-0.15, -0.1) is 0 Å². The fraction of sp³-hybridized carbons (Fsp3) is 0.125. The molecule has 0 spiro atoms. The van der Waals surface area contributed by atoms with Crippen LogP contribution in [0.3, 0.4) is 0 Å². The van der Waals surface area contributed by atoms with Gasteiger partial charge in [-0.25, -0.2) is 4.79 Å². The first-order valence-corrected chi connectivity index (χ1v) is 13.4. The Bertz CT molecular complexity index is 2060. The van der Waals surface area contributed by atoms with E-state index in [0.717, 1.165) is 24.3 Å². The lowest BCUT2D eigenvalue weighted by Crippen LogP contribution is -2.36. The van der Waals surface area contributed by atoms with E-state index < -0.39 is 75.7 Å². The first kappa shape index (κ1) is 29.8. The monoisotopic (exact) mass is 632 g/mol. The second kappa shape index (κ2) is 11.3. The third kappa shape index (κ3) is 5.11. The minimum absolute atomic E-state index is 0.105. The number of phenolic OH excluding ortho intramolecular Hbond substituents is 6. The van der Waals surface area contributed by atoms with Crippen LogP contribution in [0.15, 0.2) is 69.9 Å². The molecule has 4 aromatic carbocycles. The Labute approximate surface area is 257 Å². The number of phenols is 6. The lowest BCUT2D eigenvalue weighted by atomic mass is 10.0. The van der Waals surface area contributed by atoms with Crippen LogP contribution in [-0.4, -0.2) is 61.5 Å². The fourth-order valence-corrected chi connectivity index (χ4v) is 4.99. The van der Waals surface area contributed by atoms with Crippen molar-refractivity contribution in [1.82, 2.24) is 0 Å². The number of hydrogen-bond acceptors (Lipinski definition) is 14. The summed E-state index contributed by atoms with van der Waals surface area (Å²) in [5, 5.41) is 69.5. The summed E-state index contributed by atoms with van der Waals surface area (Å²) < 4.78 is 28.6. The third-order valence-corrected chi connectivity index (χ3v) is 7.21. The van der Waals surface area contributed by atoms with E-state index in [1.165, 1.54) is 37.4 Å². The van der Waals surface area contributed by atoms with Crippen molar-refractivity contribution in [2.24, 2.45) is 0 Å². The highest BCUT2D eigenvalue weighted by atomic mass is 16.6. The molecule has 0 aliphatic carbocycles. The highest BCUT2D eigenvalue weighted by molar-refractivity contribution is 5.95. The smallest absolute Gasteiger partial charge is 0.344 e. The number of fused-ring (bicyclic) bond motifs is 2. The molecule has 1 aliphatic rings. The molecule has 236 valence electrons. The number of carbonyl (C=O) groups excluding carboxylic acids is 1. The molecular weight excluding hydrogens is 608 g/mol. The number of esters is 1. The average molecular weight is 633 g/mol. The number of aliphatic hydroxyl groups excluding tert-OH is 1. The molecule has 0 saturated carbocycles. The molecule has 2 heterocycles. The Morgan fingerprint density at radius 2 is 1.57 bits per heavy atom. The van der Waals surface area contributed by atoms with E-state index in [-0.39, 0.29) is 39.9 Å². The van der Waals surface area contributed by atoms with Crippen molar-refractivity contribution >= 4 is 16.9 Å². The summed E-state index contributed by atoms with van der Waals surface area (Å²) in [4.78, 5) is 26.8. The molecule has 0 radical (unpaired) electrons. The van der Waals surface area contributed by atoms with Crippen LogP contribution in [0, 0.1) is 0 Å². The molecule has 1 aromatic heterocycles. The minimum Gasteiger partial charge on any atom is -0.508 e. The van der Waals surface area contributed by atoms with Crippen LogP contribution in [0.2, 0.25) is 0 Å². The van der Waals surface area contributed by atoms with E-state index in [9.17, 15) is 45.3 Å². The molecule has 0 bridgehead atoms. The summed E-state index contributed by atoms with van der Waals surface area (Å²) in [5.74, 6) is -5.59. The van der Waals surface area contributed by atoms with Gasteiger partial charge >= 0.3 is 5.97 Å². The Hall–Kier alpha value is -6.28.